The van der Waals surface area contributed by atoms with E-state index < -0.39 is 5.97 Å². The van der Waals surface area contributed by atoms with Gasteiger partial charge in [-0.25, -0.2) is 9.80 Å². The molecule has 132 valence electrons. The van der Waals surface area contributed by atoms with E-state index in [2.05, 4.69) is 31.9 Å². The quantitative estimate of drug-likeness (QED) is 0.768. The van der Waals surface area contributed by atoms with E-state index in [4.69, 9.17) is 4.74 Å². The Balaban J connectivity index is 2.12. The molecule has 0 aliphatic carbocycles. The second-order valence-electron chi connectivity index (χ2n) is 6.75. The maximum absolute atomic E-state index is 12.6. The molecule has 25 heavy (non-hydrogen) atoms. The number of benzene rings is 1. The van der Waals surface area contributed by atoms with Gasteiger partial charge in [0.25, 0.3) is 0 Å². The van der Waals surface area contributed by atoms with E-state index in [1.165, 1.54) is 0 Å². The lowest BCUT2D eigenvalue weighted by Crippen LogP contribution is -2.49. The van der Waals surface area contributed by atoms with Gasteiger partial charge in [-0.2, -0.15) is 0 Å². The van der Waals surface area contributed by atoms with Crippen LogP contribution in [-0.2, 0) is 9.53 Å². The summed E-state index contributed by atoms with van der Waals surface area (Å²) < 4.78 is 5.27. The Kier molecular flexibility index (Phi) is 4.81. The Morgan fingerprint density at radius 2 is 1.92 bits per heavy atom. The Hall–Kier alpha value is -2.34. The third kappa shape index (κ3) is 3.39. The number of hydrazone groups is 1. The van der Waals surface area contributed by atoms with Crippen LogP contribution in [0.25, 0.3) is 0 Å². The van der Waals surface area contributed by atoms with Gasteiger partial charge in [0, 0.05) is 10.4 Å². The largest absolute Gasteiger partial charge is 0.460 e. The first kappa shape index (κ1) is 17.5. The van der Waals surface area contributed by atoms with Crippen molar-refractivity contribution in [1.29, 1.82) is 0 Å². The summed E-state index contributed by atoms with van der Waals surface area (Å²) in [7, 11) is 0. The zero-order valence-corrected chi connectivity index (χ0v) is 15.8. The number of anilines is 1. The lowest BCUT2D eigenvalue weighted by atomic mass is 10.0. The van der Waals surface area contributed by atoms with Crippen LogP contribution in [-0.4, -0.2) is 28.9 Å². The number of thiophene rings is 1. The Morgan fingerprint density at radius 3 is 2.48 bits per heavy atom. The number of ether oxygens (including phenoxy) is 1. The summed E-state index contributed by atoms with van der Waals surface area (Å²) >= 11 is 1.66. The van der Waals surface area contributed by atoms with Crippen LogP contribution in [0.3, 0.4) is 0 Å². The van der Waals surface area contributed by atoms with Gasteiger partial charge < -0.3 is 9.64 Å². The number of hydrogen-bond acceptors (Lipinski definition) is 6. The van der Waals surface area contributed by atoms with Gasteiger partial charge in [0.15, 0.2) is 6.17 Å². The van der Waals surface area contributed by atoms with Crippen LogP contribution in [0.15, 0.2) is 52.9 Å². The van der Waals surface area contributed by atoms with E-state index in [1.54, 1.807) is 18.3 Å². The van der Waals surface area contributed by atoms with Crippen LogP contribution in [0.5, 0.6) is 0 Å². The van der Waals surface area contributed by atoms with Gasteiger partial charge in [-0.05, 0) is 51.3 Å². The maximum Gasteiger partial charge on any atom is 0.376 e. The second kappa shape index (κ2) is 6.88. The van der Waals surface area contributed by atoms with Crippen molar-refractivity contribution in [3.8, 4) is 0 Å². The minimum atomic E-state index is -0.391. The van der Waals surface area contributed by atoms with Gasteiger partial charge in [-0.1, -0.05) is 24.3 Å². The van der Waals surface area contributed by atoms with E-state index in [0.717, 1.165) is 10.6 Å². The smallest absolute Gasteiger partial charge is 0.376 e. The molecule has 0 radical (unpaired) electrons. The number of carbonyl (C=O) groups is 1. The number of carbonyl (C=O) groups excluding carboxylic acids is 1. The summed E-state index contributed by atoms with van der Waals surface area (Å²) in [6.45, 7) is 8.37. The number of rotatable bonds is 4. The molecule has 1 aliphatic rings. The molecule has 0 saturated heterocycles. The summed E-state index contributed by atoms with van der Waals surface area (Å²) in [6.07, 6.45) is -0.179. The summed E-state index contributed by atoms with van der Waals surface area (Å²) in [5.74, 6) is -0.0472. The van der Waals surface area contributed by atoms with E-state index in [9.17, 15) is 4.79 Å². The monoisotopic (exact) mass is 357 g/mol. The highest BCUT2D eigenvalue weighted by atomic mass is 32.1. The molecule has 1 atom stereocenters. The molecule has 0 amide bonds. The molecule has 1 aromatic heterocycles. The fourth-order valence-corrected chi connectivity index (χ4v) is 3.71. The van der Waals surface area contributed by atoms with E-state index >= 15 is 0 Å². The highest BCUT2D eigenvalue weighted by molar-refractivity contribution is 7.10. The highest BCUT2D eigenvalue weighted by Gasteiger charge is 2.45. The van der Waals surface area contributed by atoms with E-state index in [0.29, 0.717) is 12.4 Å². The fraction of sp³-hybridized carbons (Fsp3) is 0.368. The van der Waals surface area contributed by atoms with Crippen molar-refractivity contribution >= 4 is 28.8 Å². The summed E-state index contributed by atoms with van der Waals surface area (Å²) in [5.41, 5.74) is 0.638. The van der Waals surface area contributed by atoms with Gasteiger partial charge in [-0.3, -0.25) is 0 Å². The molecular weight excluding hydrogens is 334 g/mol. The van der Waals surface area contributed by atoms with E-state index in [-0.39, 0.29) is 11.7 Å². The molecule has 0 spiro atoms. The number of amidine groups is 1. The Bertz CT molecular complexity index is 751. The predicted molar refractivity (Wildman–Crippen MR) is 102 cm³/mol. The summed E-state index contributed by atoms with van der Waals surface area (Å²) in [5, 5.41) is 8.62. The average Bonchev–Trinajstić information content (AvgIpc) is 3.22. The molecular formula is C19H23N3O2S. The molecule has 3 rings (SSSR count). The third-order valence-electron chi connectivity index (χ3n) is 3.91. The van der Waals surface area contributed by atoms with Crippen molar-refractivity contribution in [2.75, 3.05) is 11.6 Å². The van der Waals surface area contributed by atoms with Crippen molar-refractivity contribution < 1.29 is 9.53 Å². The van der Waals surface area contributed by atoms with Crippen molar-refractivity contribution in [1.82, 2.24) is 4.90 Å². The van der Waals surface area contributed by atoms with E-state index in [1.807, 2.05) is 51.7 Å². The lowest BCUT2D eigenvalue weighted by Gasteiger charge is -2.39. The SMILES string of the molecule is CCOC(=O)C1=NN(c2ccccc2)[C@H](c2cccs2)N1C(C)(C)C. The molecule has 2 aromatic rings. The molecule has 1 aromatic carbocycles. The predicted octanol–water partition coefficient (Wildman–Crippen LogP) is 4.24. The van der Waals surface area contributed by atoms with Crippen LogP contribution >= 0.6 is 11.3 Å². The number of esters is 1. The van der Waals surface area contributed by atoms with Gasteiger partial charge in [0.1, 0.15) is 0 Å². The zero-order chi connectivity index (χ0) is 18.0. The molecule has 0 unspecified atom stereocenters. The van der Waals surface area contributed by atoms with Crippen LogP contribution in [0, 0.1) is 0 Å². The minimum Gasteiger partial charge on any atom is -0.460 e. The molecule has 1 aliphatic heterocycles. The van der Waals surface area contributed by atoms with Crippen molar-refractivity contribution in [2.45, 2.75) is 39.4 Å². The first-order chi connectivity index (χ1) is 11.9. The summed E-state index contributed by atoms with van der Waals surface area (Å²) in [6, 6.07) is 14.0. The van der Waals surface area contributed by atoms with Crippen LogP contribution in [0.4, 0.5) is 5.69 Å². The molecule has 0 N–H and O–H groups in total. The Morgan fingerprint density at radius 1 is 1.20 bits per heavy atom. The molecule has 0 bridgehead atoms. The second-order valence-corrected chi connectivity index (χ2v) is 7.73. The molecule has 0 saturated carbocycles. The van der Waals surface area contributed by atoms with Gasteiger partial charge in [-0.15, -0.1) is 16.4 Å². The van der Waals surface area contributed by atoms with Crippen molar-refractivity contribution in [3.63, 3.8) is 0 Å². The molecule has 5 nitrogen and oxygen atoms in total. The van der Waals surface area contributed by atoms with Crippen molar-refractivity contribution in [3.05, 3.63) is 52.7 Å². The van der Waals surface area contributed by atoms with Crippen LogP contribution < -0.4 is 5.01 Å². The fourth-order valence-electron chi connectivity index (χ4n) is 2.92. The first-order valence-corrected chi connectivity index (χ1v) is 9.24. The van der Waals surface area contributed by atoms with Gasteiger partial charge in [0.2, 0.25) is 5.84 Å². The van der Waals surface area contributed by atoms with Gasteiger partial charge >= 0.3 is 5.97 Å². The number of nitrogens with zero attached hydrogens (tertiary/aromatic N) is 3. The first-order valence-electron chi connectivity index (χ1n) is 8.36. The number of hydrogen-bond donors (Lipinski definition) is 0. The topological polar surface area (TPSA) is 45.1 Å². The normalized spacial score (nSPS) is 17.6. The lowest BCUT2D eigenvalue weighted by molar-refractivity contribution is -0.136. The average molecular weight is 357 g/mol. The van der Waals surface area contributed by atoms with Crippen molar-refractivity contribution in [2.24, 2.45) is 5.10 Å². The molecule has 6 heteroatoms. The zero-order valence-electron chi connectivity index (χ0n) is 15.0. The van der Waals surface area contributed by atoms with Crippen LogP contribution in [0.2, 0.25) is 0 Å². The molecule has 0 fully saturated rings. The molecule has 2 heterocycles. The summed E-state index contributed by atoms with van der Waals surface area (Å²) in [4.78, 5) is 15.7. The standard InChI is InChI=1S/C19H23N3O2S/c1-5-24-18(23)16-20-22(14-10-7-6-8-11-14)17(15-12-9-13-25-15)21(16)19(2,3)4/h6-13,17H,5H2,1-4H3/t17-/m1/s1. The highest BCUT2D eigenvalue weighted by Crippen LogP contribution is 2.41. The maximum atomic E-state index is 12.6. The van der Waals surface area contributed by atoms with Crippen LogP contribution in [0.1, 0.15) is 38.7 Å². The minimum absolute atomic E-state index is 0.179. The van der Waals surface area contributed by atoms with Gasteiger partial charge in [0.05, 0.1) is 12.3 Å². The third-order valence-corrected chi connectivity index (χ3v) is 4.82. The Labute approximate surface area is 152 Å². The number of para-hydroxylation sites is 1.